The Morgan fingerprint density at radius 3 is 2.79 bits per heavy atom. The molecule has 0 radical (unpaired) electrons. The van der Waals surface area contributed by atoms with Crippen molar-refractivity contribution < 1.29 is 34.4 Å². The van der Waals surface area contributed by atoms with E-state index in [1.54, 1.807) is 0 Å². The van der Waals surface area contributed by atoms with E-state index in [0.717, 1.165) is 0 Å². The summed E-state index contributed by atoms with van der Waals surface area (Å²) in [5.41, 5.74) is 5.08. The Labute approximate surface area is 103 Å². The van der Waals surface area contributed by atoms with Crippen LogP contribution < -0.4 is 35.3 Å². The van der Waals surface area contributed by atoms with Crippen molar-refractivity contribution in [2.24, 2.45) is 16.9 Å². The fraction of sp³-hybridized carbons (Fsp3) is 0.833. The van der Waals surface area contributed by atoms with Crippen molar-refractivity contribution in [3.63, 3.8) is 0 Å². The maximum Gasteiger partial charge on any atom is 1.00 e. The Balaban J connectivity index is 0.00000169. The Hall–Kier alpha value is -0.210. The Bertz CT molecular complexity index is 215. The summed E-state index contributed by atoms with van der Waals surface area (Å²) in [4.78, 5) is 20.7. The van der Waals surface area contributed by atoms with Crippen molar-refractivity contribution in [3.05, 3.63) is 10.1 Å². The molecule has 1 atom stereocenters. The van der Waals surface area contributed by atoms with Crippen LogP contribution in [-0.4, -0.2) is 29.3 Å². The van der Waals surface area contributed by atoms with Crippen LogP contribution in [0.4, 0.5) is 0 Å². The van der Waals surface area contributed by atoms with Crippen molar-refractivity contribution in [1.29, 1.82) is 0 Å². The molecule has 7 nitrogen and oxygen atoms in total. The molecule has 0 spiro atoms. The van der Waals surface area contributed by atoms with E-state index < -0.39 is 5.91 Å². The van der Waals surface area contributed by atoms with E-state index in [9.17, 15) is 14.9 Å². The minimum atomic E-state index is -0.441. The van der Waals surface area contributed by atoms with E-state index in [0.29, 0.717) is 19.4 Å². The first-order valence-corrected chi connectivity index (χ1v) is 4.00. The molecular formula is C6H11N4NaO3. The predicted octanol–water partition coefficient (Wildman–Crippen LogP) is -3.42. The zero-order valence-corrected chi connectivity index (χ0v) is 10.0. The monoisotopic (exact) mass is 210 g/mol. The summed E-state index contributed by atoms with van der Waals surface area (Å²) in [6.07, 6.45) is 1.33. The van der Waals surface area contributed by atoms with Gasteiger partial charge in [0.25, 0.3) is 0 Å². The molecule has 0 aromatic heterocycles. The van der Waals surface area contributed by atoms with Crippen LogP contribution in [0.3, 0.4) is 0 Å². The standard InChI is InChI=1S/C6H11N4O3.Na/c7-6(11)5-2-1-3-9(4-5)10(13)8-12;/h5H,1-4H2,(H2,7,11);/q-1;+1. The van der Waals surface area contributed by atoms with Gasteiger partial charge in [0, 0.05) is 13.1 Å². The van der Waals surface area contributed by atoms with Gasteiger partial charge in [-0.05, 0) is 12.8 Å². The number of rotatable bonds is 3. The van der Waals surface area contributed by atoms with E-state index in [-0.39, 0.29) is 47.3 Å². The summed E-state index contributed by atoms with van der Waals surface area (Å²) < 4.78 is 0. The molecule has 1 aliphatic rings. The maximum absolute atomic E-state index is 10.8. The van der Waals surface area contributed by atoms with Gasteiger partial charge in [0.1, 0.15) is 0 Å². The van der Waals surface area contributed by atoms with Crippen molar-refractivity contribution in [1.82, 2.24) is 10.3 Å². The van der Waals surface area contributed by atoms with Crippen molar-refractivity contribution in [2.75, 3.05) is 13.1 Å². The van der Waals surface area contributed by atoms with Crippen LogP contribution in [0.25, 0.3) is 0 Å². The van der Waals surface area contributed by atoms with E-state index >= 15 is 0 Å². The number of hydrogen-bond donors (Lipinski definition) is 1. The van der Waals surface area contributed by atoms with Gasteiger partial charge in [0.05, 0.1) is 11.2 Å². The van der Waals surface area contributed by atoms with Gasteiger partial charge in [-0.3, -0.25) is 10.1 Å². The Morgan fingerprint density at radius 1 is 1.64 bits per heavy atom. The molecule has 2 N–H and O–H groups in total. The van der Waals surface area contributed by atoms with E-state index in [2.05, 4.69) is 5.29 Å². The first-order chi connectivity index (χ1) is 6.15. The predicted molar refractivity (Wildman–Crippen MR) is 44.5 cm³/mol. The molecule has 0 saturated carbocycles. The second kappa shape index (κ2) is 6.31. The van der Waals surface area contributed by atoms with Gasteiger partial charge >= 0.3 is 29.6 Å². The molecule has 8 heteroatoms. The molecule has 0 aromatic rings. The second-order valence-electron chi connectivity index (χ2n) is 2.99. The number of hydrogen-bond acceptors (Lipinski definition) is 5. The smallest absolute Gasteiger partial charge is 0.724 e. The molecule has 1 unspecified atom stereocenters. The van der Waals surface area contributed by atoms with Gasteiger partial charge in [-0.2, -0.15) is 0 Å². The van der Waals surface area contributed by atoms with Gasteiger partial charge in [-0.25, -0.2) is 5.01 Å². The Kier molecular flexibility index (Phi) is 6.21. The third kappa shape index (κ3) is 3.50. The maximum atomic E-state index is 10.8. The number of nitroso groups, excluding NO2 is 1. The largest absolute Gasteiger partial charge is 1.00 e. The number of nitrogens with two attached hydrogens (primary N) is 1. The fourth-order valence-electron chi connectivity index (χ4n) is 1.40. The first-order valence-electron chi connectivity index (χ1n) is 4.00. The minimum absolute atomic E-state index is 0. The fourth-order valence-corrected chi connectivity index (χ4v) is 1.40. The van der Waals surface area contributed by atoms with Crippen molar-refractivity contribution >= 4 is 5.91 Å². The SMILES string of the molecule is NC(=O)C1CCCN(N([O-])N=O)C1.[Na+]. The van der Waals surface area contributed by atoms with E-state index in [1.807, 2.05) is 0 Å². The average molecular weight is 210 g/mol. The minimum Gasteiger partial charge on any atom is -0.724 e. The second-order valence-corrected chi connectivity index (χ2v) is 2.99. The van der Waals surface area contributed by atoms with Crippen LogP contribution in [0.1, 0.15) is 12.8 Å². The molecule has 14 heavy (non-hydrogen) atoms. The zero-order valence-electron chi connectivity index (χ0n) is 8.05. The summed E-state index contributed by atoms with van der Waals surface area (Å²) in [6, 6.07) is 0. The quantitative estimate of drug-likeness (QED) is 0.297. The van der Waals surface area contributed by atoms with Gasteiger partial charge in [-0.15, -0.1) is 4.91 Å². The van der Waals surface area contributed by atoms with Crippen LogP contribution in [0, 0.1) is 16.0 Å². The van der Waals surface area contributed by atoms with Gasteiger partial charge in [0.15, 0.2) is 0 Å². The van der Waals surface area contributed by atoms with Crippen molar-refractivity contribution in [3.8, 4) is 0 Å². The third-order valence-corrected chi connectivity index (χ3v) is 2.11. The topological polar surface area (TPSA) is 102 Å². The number of carbonyl (C=O) groups excluding carboxylic acids is 1. The molecule has 0 aromatic carbocycles. The molecule has 1 saturated heterocycles. The molecule has 1 heterocycles. The number of hydrazine groups is 1. The molecule has 1 amide bonds. The van der Waals surface area contributed by atoms with Crippen molar-refractivity contribution in [2.45, 2.75) is 12.8 Å². The van der Waals surface area contributed by atoms with Gasteiger partial charge in [-0.1, -0.05) is 0 Å². The summed E-state index contributed by atoms with van der Waals surface area (Å²) in [6.45, 7) is 0.629. The summed E-state index contributed by atoms with van der Waals surface area (Å²) in [5.74, 6) is -0.795. The number of primary amides is 1. The van der Waals surface area contributed by atoms with Crippen LogP contribution in [-0.2, 0) is 4.79 Å². The van der Waals surface area contributed by atoms with Gasteiger partial charge in [0.2, 0.25) is 5.91 Å². The average Bonchev–Trinajstić information content (AvgIpc) is 2.17. The summed E-state index contributed by atoms with van der Waals surface area (Å²) in [7, 11) is 0. The molecule has 0 aliphatic carbocycles. The Morgan fingerprint density at radius 2 is 2.29 bits per heavy atom. The first kappa shape index (κ1) is 13.8. The van der Waals surface area contributed by atoms with Crippen LogP contribution in [0.5, 0.6) is 0 Å². The molecular weight excluding hydrogens is 199 g/mol. The number of piperidine rings is 1. The molecule has 1 rings (SSSR count). The normalized spacial score (nSPS) is 22.2. The number of carbonyl (C=O) groups is 1. The summed E-state index contributed by atoms with van der Waals surface area (Å²) >= 11 is 0. The molecule has 1 aliphatic heterocycles. The number of nitrogens with zero attached hydrogens (tertiary/aromatic N) is 3. The van der Waals surface area contributed by atoms with Crippen LogP contribution >= 0.6 is 0 Å². The number of amides is 1. The third-order valence-electron chi connectivity index (χ3n) is 2.11. The van der Waals surface area contributed by atoms with E-state index in [4.69, 9.17) is 5.73 Å². The van der Waals surface area contributed by atoms with Crippen LogP contribution in [0.15, 0.2) is 5.29 Å². The van der Waals surface area contributed by atoms with Gasteiger partial charge < -0.3 is 10.9 Å². The van der Waals surface area contributed by atoms with E-state index in [1.165, 1.54) is 5.01 Å². The molecule has 1 fully saturated rings. The zero-order chi connectivity index (χ0) is 9.84. The van der Waals surface area contributed by atoms with Crippen LogP contribution in [0.2, 0.25) is 0 Å². The molecule has 0 bridgehead atoms. The summed E-state index contributed by atoms with van der Waals surface area (Å²) in [5, 5.41) is 14.1. The molecule has 74 valence electrons.